The number of benzene rings is 1. The van der Waals surface area contributed by atoms with Gasteiger partial charge in [0, 0.05) is 37.2 Å². The van der Waals surface area contributed by atoms with Gasteiger partial charge in [0.15, 0.2) is 0 Å². The molecule has 1 aromatic carbocycles. The number of fused-ring (bicyclic) bond motifs is 1. The standard InChI is InChI=1S/C18H24N4O3/c1-18(2,19)10-20-8-11-4-3-5-12-13(11)9-22(17(12)25)14-6-7-15(23)21-16(14)24/h3-5,14,20H,6-10,19H2,1-2H3,(H,21,23,24). The Kier molecular flexibility index (Phi) is 4.62. The summed E-state index contributed by atoms with van der Waals surface area (Å²) in [6, 6.07) is 5.05. The maximum Gasteiger partial charge on any atom is 0.255 e. The van der Waals surface area contributed by atoms with Gasteiger partial charge in [-0.3, -0.25) is 19.7 Å². The number of nitrogens with zero attached hydrogens (tertiary/aromatic N) is 1. The maximum absolute atomic E-state index is 12.7. The van der Waals surface area contributed by atoms with Gasteiger partial charge in [-0.05, 0) is 37.5 Å². The molecule has 1 atom stereocenters. The summed E-state index contributed by atoms with van der Waals surface area (Å²) < 4.78 is 0. The fraction of sp³-hybridized carbons (Fsp3) is 0.500. The minimum absolute atomic E-state index is 0.148. The normalized spacial score (nSPS) is 20.7. The molecule has 2 aliphatic rings. The van der Waals surface area contributed by atoms with E-state index in [0.29, 0.717) is 31.6 Å². The van der Waals surface area contributed by atoms with E-state index >= 15 is 0 Å². The first-order valence-corrected chi connectivity index (χ1v) is 8.51. The van der Waals surface area contributed by atoms with E-state index in [4.69, 9.17) is 5.73 Å². The number of nitrogens with two attached hydrogens (primary N) is 1. The SMILES string of the molecule is CC(C)(N)CNCc1cccc2c1CN(C1CCC(=O)NC1=O)C2=O. The number of rotatable bonds is 5. The third-order valence-electron chi connectivity index (χ3n) is 4.58. The molecule has 0 bridgehead atoms. The van der Waals surface area contributed by atoms with E-state index in [1.807, 2.05) is 26.0 Å². The van der Waals surface area contributed by atoms with Gasteiger partial charge >= 0.3 is 0 Å². The summed E-state index contributed by atoms with van der Waals surface area (Å²) >= 11 is 0. The molecule has 4 N–H and O–H groups in total. The number of hydrogen-bond donors (Lipinski definition) is 3. The third-order valence-corrected chi connectivity index (χ3v) is 4.58. The van der Waals surface area contributed by atoms with E-state index in [1.165, 1.54) is 0 Å². The van der Waals surface area contributed by atoms with Gasteiger partial charge in [-0.2, -0.15) is 0 Å². The molecule has 25 heavy (non-hydrogen) atoms. The zero-order valence-electron chi connectivity index (χ0n) is 14.6. The molecule has 1 aromatic rings. The van der Waals surface area contributed by atoms with Crippen LogP contribution in [0.15, 0.2) is 18.2 Å². The molecule has 0 radical (unpaired) electrons. The zero-order chi connectivity index (χ0) is 18.2. The molecular formula is C18H24N4O3. The number of piperidine rings is 1. The molecule has 1 fully saturated rings. The Bertz CT molecular complexity index is 724. The van der Waals surface area contributed by atoms with E-state index in [0.717, 1.165) is 11.1 Å². The van der Waals surface area contributed by atoms with Crippen molar-refractivity contribution in [3.63, 3.8) is 0 Å². The lowest BCUT2D eigenvalue weighted by molar-refractivity contribution is -0.136. The molecule has 2 aliphatic heterocycles. The molecule has 134 valence electrons. The summed E-state index contributed by atoms with van der Waals surface area (Å²) in [5.74, 6) is -0.813. The predicted molar refractivity (Wildman–Crippen MR) is 92.5 cm³/mol. The van der Waals surface area contributed by atoms with E-state index < -0.39 is 6.04 Å². The number of amides is 3. The van der Waals surface area contributed by atoms with Crippen LogP contribution in [0.5, 0.6) is 0 Å². The highest BCUT2D eigenvalue weighted by molar-refractivity contribution is 6.05. The first-order chi connectivity index (χ1) is 11.8. The van der Waals surface area contributed by atoms with Crippen molar-refractivity contribution in [1.29, 1.82) is 0 Å². The topological polar surface area (TPSA) is 105 Å². The highest BCUT2D eigenvalue weighted by Gasteiger charge is 2.39. The molecule has 3 rings (SSSR count). The van der Waals surface area contributed by atoms with E-state index in [-0.39, 0.29) is 29.7 Å². The lowest BCUT2D eigenvalue weighted by Crippen LogP contribution is -2.52. The van der Waals surface area contributed by atoms with Gasteiger partial charge in [-0.1, -0.05) is 12.1 Å². The quantitative estimate of drug-likeness (QED) is 0.665. The van der Waals surface area contributed by atoms with Gasteiger partial charge in [-0.15, -0.1) is 0 Å². The lowest BCUT2D eigenvalue weighted by atomic mass is 10.0. The predicted octanol–water partition coefficient (Wildman–Crippen LogP) is 0.275. The molecule has 7 nitrogen and oxygen atoms in total. The number of nitrogens with one attached hydrogen (secondary N) is 2. The summed E-state index contributed by atoms with van der Waals surface area (Å²) in [5, 5.41) is 5.64. The van der Waals surface area contributed by atoms with Crippen molar-refractivity contribution in [2.75, 3.05) is 6.54 Å². The van der Waals surface area contributed by atoms with Crippen LogP contribution in [-0.4, -0.2) is 40.7 Å². The van der Waals surface area contributed by atoms with E-state index in [9.17, 15) is 14.4 Å². The van der Waals surface area contributed by atoms with Crippen LogP contribution in [0.3, 0.4) is 0 Å². The van der Waals surface area contributed by atoms with Gasteiger partial charge in [0.2, 0.25) is 11.8 Å². The van der Waals surface area contributed by atoms with Crippen molar-refractivity contribution in [2.45, 2.75) is 51.4 Å². The average Bonchev–Trinajstić information content (AvgIpc) is 2.84. The highest BCUT2D eigenvalue weighted by atomic mass is 16.2. The minimum atomic E-state index is -0.582. The van der Waals surface area contributed by atoms with E-state index in [2.05, 4.69) is 10.6 Å². The van der Waals surface area contributed by atoms with Crippen LogP contribution in [0.4, 0.5) is 0 Å². The minimum Gasteiger partial charge on any atom is -0.324 e. The highest BCUT2D eigenvalue weighted by Crippen LogP contribution is 2.29. The zero-order valence-corrected chi connectivity index (χ0v) is 14.6. The van der Waals surface area contributed by atoms with Gasteiger partial charge in [0.05, 0.1) is 0 Å². The monoisotopic (exact) mass is 344 g/mol. The second-order valence-corrected chi connectivity index (χ2v) is 7.44. The molecule has 2 heterocycles. The Morgan fingerprint density at radius 3 is 2.76 bits per heavy atom. The molecular weight excluding hydrogens is 320 g/mol. The average molecular weight is 344 g/mol. The number of carbonyl (C=O) groups is 3. The molecule has 3 amide bonds. The lowest BCUT2D eigenvalue weighted by Gasteiger charge is -2.29. The second kappa shape index (κ2) is 6.57. The number of carbonyl (C=O) groups excluding carboxylic acids is 3. The first-order valence-electron chi connectivity index (χ1n) is 8.51. The summed E-state index contributed by atoms with van der Waals surface area (Å²) in [6.07, 6.45) is 0.635. The number of imide groups is 1. The Morgan fingerprint density at radius 1 is 1.32 bits per heavy atom. The fourth-order valence-electron chi connectivity index (χ4n) is 3.33. The Labute approximate surface area is 146 Å². The van der Waals surface area contributed by atoms with Gasteiger partial charge in [-0.25, -0.2) is 0 Å². The summed E-state index contributed by atoms with van der Waals surface area (Å²) in [6.45, 7) is 5.55. The van der Waals surface area contributed by atoms with Crippen molar-refractivity contribution < 1.29 is 14.4 Å². The summed E-state index contributed by atoms with van der Waals surface area (Å²) in [5.41, 5.74) is 8.28. The van der Waals surface area contributed by atoms with Crippen LogP contribution in [0.1, 0.15) is 48.2 Å². The molecule has 0 aliphatic carbocycles. The van der Waals surface area contributed by atoms with Crippen molar-refractivity contribution in [1.82, 2.24) is 15.5 Å². The van der Waals surface area contributed by atoms with Crippen LogP contribution in [0, 0.1) is 0 Å². The molecule has 0 saturated carbocycles. The first kappa shape index (κ1) is 17.6. The smallest absolute Gasteiger partial charge is 0.255 e. The Hall–Kier alpha value is -2.25. The summed E-state index contributed by atoms with van der Waals surface area (Å²) in [7, 11) is 0. The largest absolute Gasteiger partial charge is 0.324 e. The van der Waals surface area contributed by atoms with Crippen molar-refractivity contribution in [2.24, 2.45) is 5.73 Å². The summed E-state index contributed by atoms with van der Waals surface area (Å²) in [4.78, 5) is 37.7. The van der Waals surface area contributed by atoms with Crippen molar-refractivity contribution >= 4 is 17.7 Å². The van der Waals surface area contributed by atoms with Crippen LogP contribution >= 0.6 is 0 Å². The van der Waals surface area contributed by atoms with Crippen LogP contribution in [-0.2, 0) is 22.7 Å². The Balaban J connectivity index is 1.76. The van der Waals surface area contributed by atoms with Crippen molar-refractivity contribution in [3.8, 4) is 0 Å². The fourth-order valence-corrected chi connectivity index (χ4v) is 3.33. The Morgan fingerprint density at radius 2 is 2.08 bits per heavy atom. The van der Waals surface area contributed by atoms with Gasteiger partial charge < -0.3 is 16.0 Å². The second-order valence-electron chi connectivity index (χ2n) is 7.44. The van der Waals surface area contributed by atoms with Crippen LogP contribution < -0.4 is 16.4 Å². The van der Waals surface area contributed by atoms with Crippen molar-refractivity contribution in [3.05, 3.63) is 34.9 Å². The number of hydrogen-bond acceptors (Lipinski definition) is 5. The van der Waals surface area contributed by atoms with Crippen LogP contribution in [0.2, 0.25) is 0 Å². The van der Waals surface area contributed by atoms with Gasteiger partial charge in [0.25, 0.3) is 5.91 Å². The maximum atomic E-state index is 12.7. The third kappa shape index (κ3) is 3.72. The van der Waals surface area contributed by atoms with E-state index in [1.54, 1.807) is 11.0 Å². The molecule has 1 unspecified atom stereocenters. The van der Waals surface area contributed by atoms with Gasteiger partial charge in [0.1, 0.15) is 6.04 Å². The molecule has 7 heteroatoms. The molecule has 0 spiro atoms. The molecule has 1 saturated heterocycles. The van der Waals surface area contributed by atoms with Crippen LogP contribution in [0.25, 0.3) is 0 Å². The molecule has 0 aromatic heterocycles.